The molecule has 2 saturated heterocycles. The summed E-state index contributed by atoms with van der Waals surface area (Å²) in [5.41, 5.74) is 0. The smallest absolute Gasteiger partial charge is 0.252 e. The van der Waals surface area contributed by atoms with E-state index in [0.717, 1.165) is 43.2 Å². The summed E-state index contributed by atoms with van der Waals surface area (Å²) in [6, 6.07) is 3.66. The second-order valence-electron chi connectivity index (χ2n) is 7.28. The minimum absolute atomic E-state index is 0. The lowest BCUT2D eigenvalue weighted by Gasteiger charge is -2.33. The molecule has 0 bridgehead atoms. The summed E-state index contributed by atoms with van der Waals surface area (Å²) >= 11 is 1.37. The van der Waals surface area contributed by atoms with Crippen molar-refractivity contribution in [2.24, 2.45) is 10.9 Å². The summed E-state index contributed by atoms with van der Waals surface area (Å²) in [5, 5.41) is 3.40. The van der Waals surface area contributed by atoms with E-state index >= 15 is 0 Å². The Morgan fingerprint density at radius 3 is 2.63 bits per heavy atom. The second kappa shape index (κ2) is 10.4. The van der Waals surface area contributed by atoms with Crippen LogP contribution in [0.3, 0.4) is 0 Å². The van der Waals surface area contributed by atoms with Gasteiger partial charge in [0.2, 0.25) is 0 Å². The molecule has 0 aromatic carbocycles. The SMILES string of the molecule is CN=C(NCc1ccc(S(=O)(=O)N2CCCCC2)s1)N1CCCC(C)C1.I. The molecule has 27 heavy (non-hydrogen) atoms. The van der Waals surface area contributed by atoms with Crippen LogP contribution in [-0.2, 0) is 16.6 Å². The molecule has 2 fully saturated rings. The number of rotatable bonds is 4. The van der Waals surface area contributed by atoms with E-state index in [0.29, 0.717) is 29.8 Å². The molecule has 2 aliphatic rings. The van der Waals surface area contributed by atoms with E-state index < -0.39 is 10.0 Å². The summed E-state index contributed by atoms with van der Waals surface area (Å²) in [6.45, 7) is 6.23. The lowest BCUT2D eigenvalue weighted by Crippen LogP contribution is -2.45. The zero-order valence-electron chi connectivity index (χ0n) is 16.2. The molecule has 1 unspecified atom stereocenters. The molecule has 6 nitrogen and oxygen atoms in total. The lowest BCUT2D eigenvalue weighted by molar-refractivity contribution is 0.266. The molecule has 0 amide bonds. The molecule has 1 aromatic heterocycles. The van der Waals surface area contributed by atoms with E-state index in [1.807, 2.05) is 13.1 Å². The predicted octanol–water partition coefficient (Wildman–Crippen LogP) is 3.35. The van der Waals surface area contributed by atoms with Gasteiger partial charge in [-0.05, 0) is 43.7 Å². The first-order valence-corrected chi connectivity index (χ1v) is 11.8. The van der Waals surface area contributed by atoms with Crippen LogP contribution >= 0.6 is 35.3 Å². The van der Waals surface area contributed by atoms with Crippen molar-refractivity contribution in [1.29, 1.82) is 0 Å². The normalized spacial score (nSPS) is 22.4. The number of hydrogen-bond acceptors (Lipinski definition) is 4. The molecule has 1 N–H and O–H groups in total. The topological polar surface area (TPSA) is 65.0 Å². The van der Waals surface area contributed by atoms with E-state index in [1.54, 1.807) is 10.4 Å². The lowest BCUT2D eigenvalue weighted by atomic mass is 10.0. The molecule has 3 heterocycles. The third kappa shape index (κ3) is 5.80. The highest BCUT2D eigenvalue weighted by molar-refractivity contribution is 14.0. The predicted molar refractivity (Wildman–Crippen MR) is 123 cm³/mol. The summed E-state index contributed by atoms with van der Waals surface area (Å²) in [4.78, 5) is 7.72. The summed E-state index contributed by atoms with van der Waals surface area (Å²) in [6.07, 6.45) is 5.52. The highest BCUT2D eigenvalue weighted by Crippen LogP contribution is 2.27. The molecule has 1 atom stereocenters. The summed E-state index contributed by atoms with van der Waals surface area (Å²) in [5.74, 6) is 1.59. The third-order valence-electron chi connectivity index (χ3n) is 5.14. The van der Waals surface area contributed by atoms with Crippen molar-refractivity contribution in [3.8, 4) is 0 Å². The van der Waals surface area contributed by atoms with Crippen LogP contribution in [0.1, 0.15) is 43.9 Å². The Labute approximate surface area is 184 Å². The summed E-state index contributed by atoms with van der Waals surface area (Å²) < 4.78 is 27.6. The maximum Gasteiger partial charge on any atom is 0.252 e. The number of halogens is 1. The monoisotopic (exact) mass is 526 g/mol. The molecular weight excluding hydrogens is 495 g/mol. The number of sulfonamides is 1. The van der Waals surface area contributed by atoms with Crippen molar-refractivity contribution >= 4 is 51.3 Å². The number of aliphatic imine (C=N–C) groups is 1. The van der Waals surface area contributed by atoms with E-state index in [1.165, 1.54) is 24.2 Å². The van der Waals surface area contributed by atoms with Crippen LogP contribution in [-0.4, -0.2) is 56.8 Å². The Bertz CT molecular complexity index is 729. The Morgan fingerprint density at radius 1 is 1.22 bits per heavy atom. The number of hydrogen-bond donors (Lipinski definition) is 1. The van der Waals surface area contributed by atoms with Crippen molar-refractivity contribution < 1.29 is 8.42 Å². The van der Waals surface area contributed by atoms with Gasteiger partial charge in [0, 0.05) is 38.1 Å². The van der Waals surface area contributed by atoms with Gasteiger partial charge < -0.3 is 10.2 Å². The highest BCUT2D eigenvalue weighted by atomic mass is 127. The van der Waals surface area contributed by atoms with Crippen LogP contribution in [0.25, 0.3) is 0 Å². The molecule has 0 radical (unpaired) electrons. The van der Waals surface area contributed by atoms with Gasteiger partial charge in [-0.3, -0.25) is 4.99 Å². The number of likely N-dealkylation sites (tertiary alicyclic amines) is 1. The quantitative estimate of drug-likeness (QED) is 0.372. The van der Waals surface area contributed by atoms with Crippen molar-refractivity contribution in [1.82, 2.24) is 14.5 Å². The molecule has 0 aliphatic carbocycles. The molecule has 9 heteroatoms. The van der Waals surface area contributed by atoms with Gasteiger partial charge in [0.15, 0.2) is 5.96 Å². The van der Waals surface area contributed by atoms with Gasteiger partial charge >= 0.3 is 0 Å². The van der Waals surface area contributed by atoms with E-state index in [4.69, 9.17) is 0 Å². The number of piperidine rings is 2. The number of nitrogens with one attached hydrogen (secondary N) is 1. The van der Waals surface area contributed by atoms with Gasteiger partial charge in [0.25, 0.3) is 10.0 Å². The third-order valence-corrected chi connectivity index (χ3v) is 8.59. The zero-order chi connectivity index (χ0) is 18.6. The number of nitrogens with zero attached hydrogens (tertiary/aromatic N) is 3. The Kier molecular flexibility index (Phi) is 8.82. The van der Waals surface area contributed by atoms with Crippen LogP contribution in [0, 0.1) is 5.92 Å². The van der Waals surface area contributed by atoms with E-state index in [9.17, 15) is 8.42 Å². The van der Waals surface area contributed by atoms with E-state index in [2.05, 4.69) is 22.1 Å². The van der Waals surface area contributed by atoms with Gasteiger partial charge in [0.05, 0.1) is 6.54 Å². The number of thiophene rings is 1. The second-order valence-corrected chi connectivity index (χ2v) is 10.6. The average Bonchev–Trinajstić information content (AvgIpc) is 3.13. The molecule has 1 aromatic rings. The fourth-order valence-corrected chi connectivity index (χ4v) is 6.67. The van der Waals surface area contributed by atoms with Crippen molar-refractivity contribution in [2.45, 2.75) is 49.8 Å². The van der Waals surface area contributed by atoms with Gasteiger partial charge in [-0.25, -0.2) is 8.42 Å². The molecular formula is C18H31IN4O2S2. The number of guanidine groups is 1. The Balaban J connectivity index is 0.00000261. The van der Waals surface area contributed by atoms with Crippen LogP contribution in [0.4, 0.5) is 0 Å². The molecule has 0 saturated carbocycles. The first-order chi connectivity index (χ1) is 12.5. The Hall–Kier alpha value is -0.390. The van der Waals surface area contributed by atoms with Gasteiger partial charge in [-0.2, -0.15) is 4.31 Å². The standard InChI is InChI=1S/C18H30N4O2S2.HI/c1-15-7-6-10-21(14-15)18(19-2)20-13-16-8-9-17(25-16)26(23,24)22-11-4-3-5-12-22;/h8-9,15H,3-7,10-14H2,1-2H3,(H,19,20);1H. The summed E-state index contributed by atoms with van der Waals surface area (Å²) in [7, 11) is -1.52. The fraction of sp³-hybridized carbons (Fsp3) is 0.722. The average molecular weight is 527 g/mol. The van der Waals surface area contributed by atoms with Crippen LogP contribution in [0.15, 0.2) is 21.3 Å². The Morgan fingerprint density at radius 2 is 1.96 bits per heavy atom. The molecule has 3 rings (SSSR count). The van der Waals surface area contributed by atoms with Crippen LogP contribution in [0.5, 0.6) is 0 Å². The molecule has 0 spiro atoms. The molecule has 154 valence electrons. The van der Waals surface area contributed by atoms with Crippen LogP contribution < -0.4 is 5.32 Å². The minimum atomic E-state index is -3.33. The zero-order valence-corrected chi connectivity index (χ0v) is 20.1. The van der Waals surface area contributed by atoms with Gasteiger partial charge in [-0.15, -0.1) is 35.3 Å². The van der Waals surface area contributed by atoms with Gasteiger partial charge in [-0.1, -0.05) is 13.3 Å². The first-order valence-electron chi connectivity index (χ1n) is 9.55. The maximum atomic E-state index is 12.8. The van der Waals surface area contributed by atoms with Crippen LogP contribution in [0.2, 0.25) is 0 Å². The minimum Gasteiger partial charge on any atom is -0.351 e. The highest BCUT2D eigenvalue weighted by Gasteiger charge is 2.27. The largest absolute Gasteiger partial charge is 0.351 e. The first kappa shape index (κ1) is 22.9. The fourth-order valence-electron chi connectivity index (χ4n) is 3.70. The maximum absolute atomic E-state index is 12.8. The molecule has 2 aliphatic heterocycles. The van der Waals surface area contributed by atoms with Crippen molar-refractivity contribution in [2.75, 3.05) is 33.2 Å². The van der Waals surface area contributed by atoms with Gasteiger partial charge in [0.1, 0.15) is 4.21 Å². The van der Waals surface area contributed by atoms with Crippen molar-refractivity contribution in [3.05, 3.63) is 17.0 Å². The van der Waals surface area contributed by atoms with Crippen molar-refractivity contribution in [3.63, 3.8) is 0 Å². The van der Waals surface area contributed by atoms with E-state index in [-0.39, 0.29) is 24.0 Å².